The molecule has 0 radical (unpaired) electrons. The highest BCUT2D eigenvalue weighted by Crippen LogP contribution is 2.04. The van der Waals surface area contributed by atoms with Crippen molar-refractivity contribution < 1.29 is 4.74 Å². The summed E-state index contributed by atoms with van der Waals surface area (Å²) in [6.45, 7) is 1.82. The summed E-state index contributed by atoms with van der Waals surface area (Å²) in [5, 5.41) is 7.44. The largest absolute Gasteiger partial charge is 0.466 e. The van der Waals surface area contributed by atoms with Crippen LogP contribution in [0.5, 0.6) is 6.01 Å². The van der Waals surface area contributed by atoms with Crippen molar-refractivity contribution in [3.8, 4) is 6.01 Å². The molecule has 0 amide bonds. The predicted molar refractivity (Wildman–Crippen MR) is 39.0 cm³/mol. The standard InChI is InChI=1S/C6H10N4O/c1-4(7)5-3-8-6(11-2)10-9-5/h3-4H,7H2,1-2H3. The average molecular weight is 154 g/mol. The van der Waals surface area contributed by atoms with E-state index in [1.807, 2.05) is 6.92 Å². The number of nitrogens with two attached hydrogens (primary N) is 1. The van der Waals surface area contributed by atoms with E-state index in [0.717, 1.165) is 0 Å². The van der Waals surface area contributed by atoms with Gasteiger partial charge in [0.2, 0.25) is 0 Å². The number of ether oxygens (including phenoxy) is 1. The van der Waals surface area contributed by atoms with Gasteiger partial charge < -0.3 is 10.5 Å². The minimum atomic E-state index is -0.138. The lowest BCUT2D eigenvalue weighted by Crippen LogP contribution is -2.09. The SMILES string of the molecule is COc1ncc(C(C)N)nn1. The smallest absolute Gasteiger partial charge is 0.335 e. The zero-order valence-corrected chi connectivity index (χ0v) is 6.48. The van der Waals surface area contributed by atoms with Crippen molar-refractivity contribution >= 4 is 0 Å². The van der Waals surface area contributed by atoms with Crippen LogP contribution in [0.4, 0.5) is 0 Å². The molecule has 60 valence electrons. The first-order valence-corrected chi connectivity index (χ1v) is 3.23. The monoisotopic (exact) mass is 154 g/mol. The molecule has 0 bridgehead atoms. The van der Waals surface area contributed by atoms with E-state index in [0.29, 0.717) is 5.69 Å². The van der Waals surface area contributed by atoms with Crippen LogP contribution < -0.4 is 10.5 Å². The topological polar surface area (TPSA) is 73.9 Å². The van der Waals surface area contributed by atoms with Gasteiger partial charge in [-0.2, -0.15) is 0 Å². The molecule has 1 atom stereocenters. The van der Waals surface area contributed by atoms with E-state index < -0.39 is 0 Å². The molecule has 5 nitrogen and oxygen atoms in total. The second-order valence-electron chi connectivity index (χ2n) is 2.16. The summed E-state index contributed by atoms with van der Waals surface area (Å²) in [5.41, 5.74) is 6.18. The van der Waals surface area contributed by atoms with E-state index in [1.54, 1.807) is 6.20 Å². The quantitative estimate of drug-likeness (QED) is 0.643. The minimum absolute atomic E-state index is 0.138. The van der Waals surface area contributed by atoms with Crippen LogP contribution in [-0.4, -0.2) is 22.3 Å². The van der Waals surface area contributed by atoms with Gasteiger partial charge in [0.1, 0.15) is 0 Å². The average Bonchev–Trinajstić information content (AvgIpc) is 2.05. The predicted octanol–water partition coefficient (Wildman–Crippen LogP) is -0.100. The fourth-order valence-corrected chi connectivity index (χ4v) is 0.576. The number of rotatable bonds is 2. The third kappa shape index (κ3) is 1.84. The Balaban J connectivity index is 2.83. The molecular weight excluding hydrogens is 144 g/mol. The maximum absolute atomic E-state index is 5.52. The molecule has 0 aliphatic heterocycles. The molecule has 0 fully saturated rings. The van der Waals surface area contributed by atoms with Crippen LogP contribution in [0.2, 0.25) is 0 Å². The van der Waals surface area contributed by atoms with Crippen molar-refractivity contribution in [3.63, 3.8) is 0 Å². The summed E-state index contributed by atoms with van der Waals surface area (Å²) in [5.74, 6) is 0. The molecule has 1 aromatic rings. The fourth-order valence-electron chi connectivity index (χ4n) is 0.576. The molecule has 1 heterocycles. The number of hydrogen-bond acceptors (Lipinski definition) is 5. The van der Waals surface area contributed by atoms with Crippen LogP contribution in [-0.2, 0) is 0 Å². The lowest BCUT2D eigenvalue weighted by atomic mass is 10.3. The van der Waals surface area contributed by atoms with E-state index in [1.165, 1.54) is 7.11 Å². The summed E-state index contributed by atoms with van der Waals surface area (Å²) in [6, 6.07) is 0.121. The first-order valence-electron chi connectivity index (χ1n) is 3.23. The Morgan fingerprint density at radius 3 is 2.64 bits per heavy atom. The lowest BCUT2D eigenvalue weighted by molar-refractivity contribution is 0.371. The molecule has 0 aliphatic rings. The van der Waals surface area contributed by atoms with Crippen LogP contribution >= 0.6 is 0 Å². The molecule has 1 unspecified atom stereocenters. The van der Waals surface area contributed by atoms with Gasteiger partial charge in [-0.3, -0.25) is 0 Å². The summed E-state index contributed by atoms with van der Waals surface area (Å²) < 4.78 is 4.72. The summed E-state index contributed by atoms with van der Waals surface area (Å²) >= 11 is 0. The Labute approximate surface area is 64.6 Å². The van der Waals surface area contributed by atoms with Gasteiger partial charge in [0.15, 0.2) is 0 Å². The molecule has 5 heteroatoms. The van der Waals surface area contributed by atoms with Crippen molar-refractivity contribution in [1.29, 1.82) is 0 Å². The van der Waals surface area contributed by atoms with Crippen molar-refractivity contribution in [2.75, 3.05) is 7.11 Å². The van der Waals surface area contributed by atoms with Crippen LogP contribution in [0.25, 0.3) is 0 Å². The van der Waals surface area contributed by atoms with Gasteiger partial charge in [0, 0.05) is 6.04 Å². The highest BCUT2D eigenvalue weighted by Gasteiger charge is 2.02. The van der Waals surface area contributed by atoms with Crippen molar-refractivity contribution in [2.24, 2.45) is 5.73 Å². The fraction of sp³-hybridized carbons (Fsp3) is 0.500. The Bertz CT molecular complexity index is 221. The zero-order valence-electron chi connectivity index (χ0n) is 6.48. The molecule has 0 saturated carbocycles. The molecule has 1 aromatic heterocycles. The second-order valence-corrected chi connectivity index (χ2v) is 2.16. The van der Waals surface area contributed by atoms with E-state index in [4.69, 9.17) is 10.5 Å². The van der Waals surface area contributed by atoms with E-state index >= 15 is 0 Å². The molecule has 0 aliphatic carbocycles. The number of nitrogens with zero attached hydrogens (tertiary/aromatic N) is 3. The number of hydrogen-bond donors (Lipinski definition) is 1. The zero-order chi connectivity index (χ0) is 8.27. The van der Waals surface area contributed by atoms with Gasteiger partial charge >= 0.3 is 6.01 Å². The number of aromatic nitrogens is 3. The van der Waals surface area contributed by atoms with Crippen LogP contribution in [0.3, 0.4) is 0 Å². The third-order valence-corrected chi connectivity index (χ3v) is 1.21. The third-order valence-electron chi connectivity index (χ3n) is 1.21. The number of methoxy groups -OCH3 is 1. The van der Waals surface area contributed by atoms with Gasteiger partial charge in [-0.15, -0.1) is 5.10 Å². The first kappa shape index (κ1) is 7.87. The van der Waals surface area contributed by atoms with Gasteiger partial charge in [0.25, 0.3) is 0 Å². The molecule has 11 heavy (non-hydrogen) atoms. The summed E-state index contributed by atoms with van der Waals surface area (Å²) in [7, 11) is 1.49. The molecular formula is C6H10N4O. The first-order chi connectivity index (χ1) is 5.24. The van der Waals surface area contributed by atoms with Crippen LogP contribution in [0.1, 0.15) is 18.7 Å². The van der Waals surface area contributed by atoms with Crippen molar-refractivity contribution in [1.82, 2.24) is 15.2 Å². The Kier molecular flexibility index (Phi) is 2.32. The molecule has 0 aromatic carbocycles. The van der Waals surface area contributed by atoms with E-state index in [-0.39, 0.29) is 12.1 Å². The van der Waals surface area contributed by atoms with Gasteiger partial charge in [-0.25, -0.2) is 4.98 Å². The van der Waals surface area contributed by atoms with Crippen LogP contribution in [0.15, 0.2) is 6.20 Å². The highest BCUT2D eigenvalue weighted by molar-refractivity contribution is 5.00. The van der Waals surface area contributed by atoms with Crippen molar-refractivity contribution in [3.05, 3.63) is 11.9 Å². The second kappa shape index (κ2) is 3.25. The Hall–Kier alpha value is -1.23. The molecule has 2 N–H and O–H groups in total. The van der Waals surface area contributed by atoms with Gasteiger partial charge in [-0.1, -0.05) is 5.10 Å². The lowest BCUT2D eigenvalue weighted by Gasteiger charge is -2.01. The summed E-state index contributed by atoms with van der Waals surface area (Å²) in [6.07, 6.45) is 1.55. The van der Waals surface area contributed by atoms with E-state index in [9.17, 15) is 0 Å². The normalized spacial score (nSPS) is 12.6. The highest BCUT2D eigenvalue weighted by atomic mass is 16.5. The summed E-state index contributed by atoms with van der Waals surface area (Å²) in [4.78, 5) is 3.84. The van der Waals surface area contributed by atoms with E-state index in [2.05, 4.69) is 15.2 Å². The maximum atomic E-state index is 5.52. The Morgan fingerprint density at radius 2 is 2.27 bits per heavy atom. The van der Waals surface area contributed by atoms with Gasteiger partial charge in [-0.05, 0) is 6.92 Å². The molecule has 0 spiro atoms. The van der Waals surface area contributed by atoms with Crippen LogP contribution in [0, 0.1) is 0 Å². The minimum Gasteiger partial charge on any atom is -0.466 e. The molecule has 1 rings (SSSR count). The van der Waals surface area contributed by atoms with Gasteiger partial charge in [0.05, 0.1) is 19.0 Å². The maximum Gasteiger partial charge on any atom is 0.335 e. The Morgan fingerprint density at radius 1 is 1.55 bits per heavy atom. The van der Waals surface area contributed by atoms with Crippen molar-refractivity contribution in [2.45, 2.75) is 13.0 Å². The molecule has 0 saturated heterocycles.